The van der Waals surface area contributed by atoms with E-state index >= 15 is 0 Å². The first-order valence-corrected chi connectivity index (χ1v) is 16.3. The largest absolute Gasteiger partial charge is 0.509 e. The molecule has 3 aliphatic heterocycles. The van der Waals surface area contributed by atoms with Crippen LogP contribution in [0.25, 0.3) is 0 Å². The molecule has 0 radical (unpaired) electrons. The van der Waals surface area contributed by atoms with Gasteiger partial charge in [-0.05, 0) is 61.1 Å². The minimum atomic E-state index is -1.43. The molecule has 3 heterocycles. The molecule has 0 aromatic rings. The van der Waals surface area contributed by atoms with Gasteiger partial charge in [0.25, 0.3) is 0 Å². The third-order valence-electron chi connectivity index (χ3n) is 10.3. The maximum absolute atomic E-state index is 14.0. The summed E-state index contributed by atoms with van der Waals surface area (Å²) in [6, 6.07) is -0.239. The molecule has 0 saturated carbocycles. The molecule has 0 aliphatic carbocycles. The summed E-state index contributed by atoms with van der Waals surface area (Å²) >= 11 is 0. The second kappa shape index (κ2) is 14.8. The number of aliphatic hydroxyl groups excluding tert-OH is 1. The summed E-state index contributed by atoms with van der Waals surface area (Å²) < 4.78 is 41.9. The van der Waals surface area contributed by atoms with Crippen LogP contribution in [0.5, 0.6) is 0 Å². The Morgan fingerprint density at radius 2 is 1.67 bits per heavy atom. The van der Waals surface area contributed by atoms with Crippen molar-refractivity contribution >= 4 is 23.9 Å². The van der Waals surface area contributed by atoms with Gasteiger partial charge in [0, 0.05) is 25.9 Å². The normalized spacial score (nSPS) is 44.4. The van der Waals surface area contributed by atoms with Gasteiger partial charge in [-0.1, -0.05) is 27.7 Å². The third kappa shape index (κ3) is 7.69. The van der Waals surface area contributed by atoms with Crippen molar-refractivity contribution in [1.82, 2.24) is 4.90 Å². The number of ether oxygens (including phenoxy) is 7. The highest BCUT2D eigenvalue weighted by Crippen LogP contribution is 2.42. The van der Waals surface area contributed by atoms with Gasteiger partial charge in [-0.15, -0.1) is 0 Å². The summed E-state index contributed by atoms with van der Waals surface area (Å²) in [6.45, 7) is 15.1. The Kier molecular flexibility index (Phi) is 12.3. The molecule has 13 nitrogen and oxygen atoms in total. The fourth-order valence-corrected chi connectivity index (χ4v) is 7.50. The van der Waals surface area contributed by atoms with E-state index < -0.39 is 89.8 Å². The van der Waals surface area contributed by atoms with E-state index in [1.54, 1.807) is 48.5 Å². The summed E-state index contributed by atoms with van der Waals surface area (Å²) in [4.78, 5) is 54.2. The molecule has 3 saturated heterocycles. The molecule has 13 heteroatoms. The first-order chi connectivity index (χ1) is 21.3. The lowest BCUT2D eigenvalue weighted by atomic mass is 9.74. The van der Waals surface area contributed by atoms with E-state index in [0.717, 1.165) is 0 Å². The molecule has 0 aromatic heterocycles. The molecule has 264 valence electrons. The van der Waals surface area contributed by atoms with Gasteiger partial charge in [0.05, 0.1) is 41.8 Å². The van der Waals surface area contributed by atoms with E-state index in [4.69, 9.17) is 33.2 Å². The molecule has 1 N–H and O–H groups in total. The van der Waals surface area contributed by atoms with Crippen LogP contribution in [-0.2, 0) is 47.5 Å². The smallest absolute Gasteiger partial charge is 0.458 e. The van der Waals surface area contributed by atoms with Gasteiger partial charge in [-0.25, -0.2) is 4.79 Å². The number of ketones is 1. The highest BCUT2D eigenvalue weighted by atomic mass is 16.8. The van der Waals surface area contributed by atoms with Crippen molar-refractivity contribution in [1.29, 1.82) is 0 Å². The van der Waals surface area contributed by atoms with Crippen molar-refractivity contribution in [3.05, 3.63) is 0 Å². The zero-order valence-corrected chi connectivity index (χ0v) is 29.4. The maximum Gasteiger partial charge on any atom is 0.509 e. The lowest BCUT2D eigenvalue weighted by Crippen LogP contribution is -2.61. The number of rotatable bonds is 6. The Hall–Kier alpha value is -2.32. The maximum atomic E-state index is 14.0. The summed E-state index contributed by atoms with van der Waals surface area (Å²) in [7, 11) is 5.25. The van der Waals surface area contributed by atoms with Gasteiger partial charge < -0.3 is 43.2 Å². The molecule has 0 spiro atoms. The van der Waals surface area contributed by atoms with E-state index in [-0.39, 0.29) is 30.8 Å². The predicted octanol–water partition coefficient (Wildman–Crippen LogP) is 3.27. The van der Waals surface area contributed by atoms with Crippen LogP contribution in [0.2, 0.25) is 0 Å². The highest BCUT2D eigenvalue weighted by molar-refractivity contribution is 5.84. The van der Waals surface area contributed by atoms with Crippen LogP contribution in [0.4, 0.5) is 4.79 Å². The third-order valence-corrected chi connectivity index (χ3v) is 10.3. The molecule has 0 aromatic carbocycles. The van der Waals surface area contributed by atoms with Crippen molar-refractivity contribution in [2.24, 2.45) is 23.7 Å². The van der Waals surface area contributed by atoms with E-state index in [0.29, 0.717) is 6.42 Å². The van der Waals surface area contributed by atoms with Crippen molar-refractivity contribution in [2.45, 2.75) is 142 Å². The zero-order valence-electron chi connectivity index (χ0n) is 29.4. The van der Waals surface area contributed by atoms with Crippen molar-refractivity contribution in [3.63, 3.8) is 0 Å². The summed E-state index contributed by atoms with van der Waals surface area (Å²) in [5, 5.41) is 11.7. The minimum absolute atomic E-state index is 0.139. The molecule has 14 atom stereocenters. The number of aliphatic hydroxyl groups is 1. The fourth-order valence-electron chi connectivity index (χ4n) is 7.50. The number of carbonyl (C=O) groups is 4. The summed E-state index contributed by atoms with van der Waals surface area (Å²) in [5.41, 5.74) is -2.66. The van der Waals surface area contributed by atoms with Crippen molar-refractivity contribution in [2.75, 3.05) is 21.2 Å². The molecular formula is C33H55NO12. The average Bonchev–Trinajstić information content (AvgIpc) is 3.30. The molecule has 3 aliphatic rings. The Labute approximate surface area is 272 Å². The van der Waals surface area contributed by atoms with Gasteiger partial charge in [-0.2, -0.15) is 0 Å². The SMILES string of the molecule is CCC1OC(=O)C(C)C(O)C(C)[C@@H](OC2OC(C)CC(N(C)C)[C@H]2OC(C)=O)[C@](C)(OC)C[C@@H](C)C(=O)[C@H](C)[C@H]2OC(=O)O[C@]12C. The number of fused-ring (bicyclic) bond motifs is 1. The number of methoxy groups -OCH3 is 1. The van der Waals surface area contributed by atoms with Gasteiger partial charge in [0.2, 0.25) is 0 Å². The summed E-state index contributed by atoms with van der Waals surface area (Å²) in [6.07, 6.45) is -6.35. The number of hydrogen-bond acceptors (Lipinski definition) is 13. The van der Waals surface area contributed by atoms with Crippen LogP contribution in [0.1, 0.15) is 81.6 Å². The second-order valence-electron chi connectivity index (χ2n) is 14.1. The van der Waals surface area contributed by atoms with Crippen LogP contribution in [0.15, 0.2) is 0 Å². The van der Waals surface area contributed by atoms with Gasteiger partial charge in [0.15, 0.2) is 24.1 Å². The van der Waals surface area contributed by atoms with Crippen LogP contribution in [-0.4, -0.2) is 115 Å². The Morgan fingerprint density at radius 3 is 2.22 bits per heavy atom. The molecular weight excluding hydrogens is 602 g/mol. The van der Waals surface area contributed by atoms with E-state index in [2.05, 4.69) is 0 Å². The summed E-state index contributed by atoms with van der Waals surface area (Å²) in [5.74, 6) is -4.71. The van der Waals surface area contributed by atoms with Crippen LogP contribution >= 0.6 is 0 Å². The molecule has 3 fully saturated rings. The monoisotopic (exact) mass is 657 g/mol. The fraction of sp³-hybridized carbons (Fsp3) is 0.879. The second-order valence-corrected chi connectivity index (χ2v) is 14.1. The number of hydrogen-bond donors (Lipinski definition) is 1. The van der Waals surface area contributed by atoms with Crippen molar-refractivity contribution in [3.8, 4) is 0 Å². The lowest BCUT2D eigenvalue weighted by molar-refractivity contribution is -0.303. The number of cyclic esters (lactones) is 1. The molecule has 0 bridgehead atoms. The zero-order chi connectivity index (χ0) is 34.9. The standard InChI is InChI=1S/C33H55NO12/c1-13-23-33(9)28(45-31(39)46-33)18(4)24(36)16(2)15-32(8,40-12)27(19(5)25(37)20(6)29(38)43-23)44-30-26(42-21(7)35)22(34(10)11)14-17(3)41-30/h16-20,22-23,25-28,30,37H,13-15H2,1-12H3/t16-,17?,18+,19?,20?,22?,23?,25?,26-,27-,28-,30?,32-,33-/m1/s1. The first kappa shape index (κ1) is 38.1. The molecule has 3 rings (SSSR count). The lowest BCUT2D eigenvalue weighted by Gasteiger charge is -2.48. The van der Waals surface area contributed by atoms with Crippen LogP contribution in [0.3, 0.4) is 0 Å². The quantitative estimate of drug-likeness (QED) is 0.328. The number of nitrogens with zero attached hydrogens (tertiary/aromatic N) is 1. The van der Waals surface area contributed by atoms with Crippen LogP contribution < -0.4 is 0 Å². The Balaban J connectivity index is 2.12. The number of esters is 2. The molecule has 7 unspecified atom stereocenters. The number of carbonyl (C=O) groups excluding carboxylic acids is 4. The number of likely N-dealkylation sites (N-methyl/N-ethyl adjacent to an activating group) is 1. The highest BCUT2D eigenvalue weighted by Gasteiger charge is 2.59. The molecule has 46 heavy (non-hydrogen) atoms. The van der Waals surface area contributed by atoms with E-state index in [1.807, 2.05) is 25.9 Å². The minimum Gasteiger partial charge on any atom is -0.458 e. The average molecular weight is 658 g/mol. The first-order valence-electron chi connectivity index (χ1n) is 16.3. The van der Waals surface area contributed by atoms with E-state index in [9.17, 15) is 24.3 Å². The van der Waals surface area contributed by atoms with Gasteiger partial charge >= 0.3 is 18.1 Å². The van der Waals surface area contributed by atoms with Crippen LogP contribution in [0, 0.1) is 23.7 Å². The van der Waals surface area contributed by atoms with Crippen molar-refractivity contribution < 1.29 is 57.4 Å². The van der Waals surface area contributed by atoms with E-state index in [1.165, 1.54) is 14.0 Å². The van der Waals surface area contributed by atoms with Gasteiger partial charge in [0.1, 0.15) is 11.9 Å². The molecule has 0 amide bonds. The number of Topliss-reactive ketones (excluding diaryl/α,β-unsaturated/α-hetero) is 1. The Morgan fingerprint density at radius 1 is 1.04 bits per heavy atom. The van der Waals surface area contributed by atoms with Gasteiger partial charge in [-0.3, -0.25) is 14.4 Å². The predicted molar refractivity (Wildman–Crippen MR) is 164 cm³/mol. The Bertz CT molecular complexity index is 1120. The topological polar surface area (TPSA) is 156 Å².